The number of halogens is 2. The van der Waals surface area contributed by atoms with Crippen LogP contribution in [0.4, 0.5) is 20.2 Å². The number of morpholine rings is 2. The SMILES string of the molecule is CNc1cc(F)c(F)c2c1[nH]c1ncc(-c3cnc4c(c3)c(=O)c(C(=O)O)cn4CC3COCCN3)c(N3CCOCC3)c12. The van der Waals surface area contributed by atoms with Gasteiger partial charge in [-0.05, 0) is 6.07 Å². The molecule has 228 valence electrons. The van der Waals surface area contributed by atoms with E-state index in [1.807, 2.05) is 4.90 Å². The highest BCUT2D eigenvalue weighted by atomic mass is 19.2. The number of aromatic nitrogens is 4. The molecule has 6 heterocycles. The normalized spacial score (nSPS) is 17.5. The van der Waals surface area contributed by atoms with Crippen LogP contribution in [0.15, 0.2) is 35.5 Å². The fourth-order valence-electron chi connectivity index (χ4n) is 6.15. The van der Waals surface area contributed by atoms with E-state index >= 15 is 4.39 Å². The lowest BCUT2D eigenvalue weighted by molar-refractivity contribution is 0.0690. The summed E-state index contributed by atoms with van der Waals surface area (Å²) in [6.07, 6.45) is 4.49. The Morgan fingerprint density at radius 2 is 1.95 bits per heavy atom. The van der Waals surface area contributed by atoms with E-state index in [2.05, 4.69) is 25.6 Å². The van der Waals surface area contributed by atoms with Crippen molar-refractivity contribution in [3.05, 3.63) is 58.1 Å². The van der Waals surface area contributed by atoms with Crippen LogP contribution in [0.25, 0.3) is 44.1 Å². The van der Waals surface area contributed by atoms with Crippen LogP contribution in [0.2, 0.25) is 0 Å². The maximum absolute atomic E-state index is 15.6. The predicted octanol–water partition coefficient (Wildman–Crippen LogP) is 2.94. The summed E-state index contributed by atoms with van der Waals surface area (Å²) in [5.41, 5.74) is 1.93. The number of nitrogens with one attached hydrogen (secondary N) is 3. The number of benzene rings is 1. The number of carboxylic acids is 1. The number of carbonyl (C=O) groups is 1. The lowest BCUT2D eigenvalue weighted by Gasteiger charge is -2.31. The predicted molar refractivity (Wildman–Crippen MR) is 161 cm³/mol. The third-order valence-corrected chi connectivity index (χ3v) is 8.23. The van der Waals surface area contributed by atoms with Crippen LogP contribution in [0, 0.1) is 11.6 Å². The Balaban J connectivity index is 1.48. The number of aromatic carboxylic acids is 1. The van der Waals surface area contributed by atoms with Crippen LogP contribution >= 0.6 is 0 Å². The Bertz CT molecular complexity index is 2000. The molecule has 1 unspecified atom stereocenters. The lowest BCUT2D eigenvalue weighted by atomic mass is 10.0. The van der Waals surface area contributed by atoms with Gasteiger partial charge in [0.05, 0.1) is 59.5 Å². The van der Waals surface area contributed by atoms with Crippen molar-refractivity contribution in [2.24, 2.45) is 0 Å². The van der Waals surface area contributed by atoms with E-state index < -0.39 is 23.0 Å². The topological polar surface area (TPSA) is 147 Å². The van der Waals surface area contributed by atoms with Crippen LogP contribution in [-0.4, -0.2) is 89.7 Å². The Hall–Kier alpha value is -4.66. The van der Waals surface area contributed by atoms with Crippen LogP contribution in [-0.2, 0) is 16.0 Å². The molecule has 0 amide bonds. The molecule has 5 aromatic rings. The lowest BCUT2D eigenvalue weighted by Crippen LogP contribution is -2.44. The fraction of sp³-hybridized carbons (Fsp3) is 0.333. The second kappa shape index (κ2) is 11.1. The number of pyridine rings is 3. The van der Waals surface area contributed by atoms with E-state index in [-0.39, 0.29) is 22.4 Å². The average molecular weight is 606 g/mol. The Morgan fingerprint density at radius 1 is 1.14 bits per heavy atom. The molecule has 1 aromatic carbocycles. The molecule has 2 saturated heterocycles. The van der Waals surface area contributed by atoms with Gasteiger partial charge in [0.2, 0.25) is 5.43 Å². The van der Waals surface area contributed by atoms with Gasteiger partial charge >= 0.3 is 5.97 Å². The highest BCUT2D eigenvalue weighted by Gasteiger charge is 2.27. The summed E-state index contributed by atoms with van der Waals surface area (Å²) >= 11 is 0. The smallest absolute Gasteiger partial charge is 0.341 e. The minimum Gasteiger partial charge on any atom is -0.477 e. The van der Waals surface area contributed by atoms with Gasteiger partial charge in [0, 0.05) is 75.1 Å². The second-order valence-electron chi connectivity index (χ2n) is 10.8. The molecule has 4 N–H and O–H groups in total. The van der Waals surface area contributed by atoms with E-state index in [0.717, 1.165) is 6.07 Å². The molecule has 1 atom stereocenters. The van der Waals surface area contributed by atoms with Gasteiger partial charge in [0.15, 0.2) is 11.6 Å². The van der Waals surface area contributed by atoms with Gasteiger partial charge in [-0.15, -0.1) is 0 Å². The molecule has 2 aliphatic heterocycles. The van der Waals surface area contributed by atoms with E-state index in [0.29, 0.717) is 97.3 Å². The van der Waals surface area contributed by atoms with Crippen molar-refractivity contribution in [2.75, 3.05) is 63.3 Å². The first-order chi connectivity index (χ1) is 21.4. The Labute approximate surface area is 248 Å². The van der Waals surface area contributed by atoms with E-state index in [1.54, 1.807) is 30.1 Å². The zero-order chi connectivity index (χ0) is 30.5. The van der Waals surface area contributed by atoms with Crippen LogP contribution in [0.3, 0.4) is 0 Å². The molecule has 0 saturated carbocycles. The first-order valence-electron chi connectivity index (χ1n) is 14.3. The number of hydrogen-bond donors (Lipinski definition) is 4. The van der Waals surface area contributed by atoms with Crippen molar-refractivity contribution in [1.82, 2.24) is 24.8 Å². The minimum atomic E-state index is -1.35. The van der Waals surface area contributed by atoms with Gasteiger partial charge in [-0.1, -0.05) is 0 Å². The first kappa shape index (κ1) is 28.1. The fourth-order valence-corrected chi connectivity index (χ4v) is 6.15. The van der Waals surface area contributed by atoms with Crippen LogP contribution in [0.5, 0.6) is 0 Å². The Kier molecular flexibility index (Phi) is 7.11. The summed E-state index contributed by atoms with van der Waals surface area (Å²) in [4.78, 5) is 39.9. The minimum absolute atomic E-state index is 0.0478. The molecule has 0 bridgehead atoms. The van der Waals surface area contributed by atoms with E-state index in [9.17, 15) is 19.1 Å². The average Bonchev–Trinajstić information content (AvgIpc) is 3.44. The number of aromatic amines is 1. The molecule has 0 spiro atoms. The molecule has 2 aliphatic rings. The van der Waals surface area contributed by atoms with Crippen molar-refractivity contribution < 1.29 is 28.2 Å². The number of rotatable bonds is 6. The first-order valence-corrected chi connectivity index (χ1v) is 14.3. The van der Waals surface area contributed by atoms with Gasteiger partial charge in [-0.2, -0.15) is 0 Å². The molecule has 0 aliphatic carbocycles. The summed E-state index contributed by atoms with van der Waals surface area (Å²) in [7, 11) is 1.62. The number of carboxylic acid groups (broad SMARTS) is 1. The summed E-state index contributed by atoms with van der Waals surface area (Å²) in [5.74, 6) is -3.37. The molecular formula is C30H29F2N7O5. The summed E-state index contributed by atoms with van der Waals surface area (Å²) in [6.45, 7) is 3.79. The van der Waals surface area contributed by atoms with Gasteiger partial charge in [-0.25, -0.2) is 23.5 Å². The highest BCUT2D eigenvalue weighted by molar-refractivity contribution is 6.18. The highest BCUT2D eigenvalue weighted by Crippen LogP contribution is 2.43. The molecule has 7 rings (SSSR count). The molecule has 0 radical (unpaired) electrons. The van der Waals surface area contributed by atoms with Gasteiger partial charge in [-0.3, -0.25) is 4.79 Å². The largest absolute Gasteiger partial charge is 0.477 e. The third kappa shape index (κ3) is 4.62. The van der Waals surface area contributed by atoms with E-state index in [1.165, 1.54) is 6.20 Å². The zero-order valence-corrected chi connectivity index (χ0v) is 23.7. The maximum Gasteiger partial charge on any atom is 0.341 e. The Morgan fingerprint density at radius 3 is 2.68 bits per heavy atom. The van der Waals surface area contributed by atoms with Crippen molar-refractivity contribution in [2.45, 2.75) is 12.6 Å². The van der Waals surface area contributed by atoms with Crippen LogP contribution in [0.1, 0.15) is 10.4 Å². The number of fused-ring (bicyclic) bond motifs is 4. The third-order valence-electron chi connectivity index (χ3n) is 8.23. The maximum atomic E-state index is 15.6. The van der Waals surface area contributed by atoms with Gasteiger partial charge < -0.3 is 39.7 Å². The molecule has 2 fully saturated rings. The number of ether oxygens (including phenoxy) is 2. The molecule has 12 nitrogen and oxygen atoms in total. The quantitative estimate of drug-likeness (QED) is 0.228. The number of hydrogen-bond acceptors (Lipinski definition) is 9. The zero-order valence-electron chi connectivity index (χ0n) is 23.7. The monoisotopic (exact) mass is 605 g/mol. The van der Waals surface area contributed by atoms with Crippen molar-refractivity contribution in [1.29, 1.82) is 0 Å². The molecule has 4 aromatic heterocycles. The number of H-pyrrole nitrogens is 1. The van der Waals surface area contributed by atoms with Crippen molar-refractivity contribution in [3.8, 4) is 11.1 Å². The van der Waals surface area contributed by atoms with Crippen molar-refractivity contribution in [3.63, 3.8) is 0 Å². The summed E-state index contributed by atoms with van der Waals surface area (Å²) < 4.78 is 43.2. The number of nitrogens with zero attached hydrogens (tertiary/aromatic N) is 4. The molecule has 14 heteroatoms. The van der Waals surface area contributed by atoms with E-state index in [4.69, 9.17) is 9.47 Å². The second-order valence-corrected chi connectivity index (χ2v) is 10.8. The summed E-state index contributed by atoms with van der Waals surface area (Å²) in [5, 5.41) is 16.7. The van der Waals surface area contributed by atoms with Gasteiger partial charge in [0.1, 0.15) is 16.9 Å². The van der Waals surface area contributed by atoms with Crippen LogP contribution < -0.4 is 21.0 Å². The number of anilines is 2. The summed E-state index contributed by atoms with van der Waals surface area (Å²) in [6, 6.07) is 2.59. The van der Waals surface area contributed by atoms with Gasteiger partial charge in [0.25, 0.3) is 0 Å². The van der Waals surface area contributed by atoms with Crippen molar-refractivity contribution >= 4 is 50.3 Å². The molecular weight excluding hydrogens is 576 g/mol. The molecule has 44 heavy (non-hydrogen) atoms. The standard InChI is InChI=1S/C30H29F2N7O5/c1-33-21-9-20(31)24(32)22-23-26(38-3-6-43-7-4-38)18(11-35-28(23)37-25(21)22)15-8-17-27(40)19(30(41)42)13-39(29(17)36-10-15)12-16-14-44-5-2-34-16/h8-11,13,16,33-34H,2-7,12,14H2,1H3,(H,35,37)(H,41,42).